The number of ether oxygens (including phenoxy) is 1. The van der Waals surface area contributed by atoms with E-state index in [4.69, 9.17) is 16.2 Å². The topological polar surface area (TPSA) is 276 Å². The van der Waals surface area contributed by atoms with Gasteiger partial charge < -0.3 is 47.1 Å². The highest BCUT2D eigenvalue weighted by molar-refractivity contribution is 5.89. The van der Waals surface area contributed by atoms with E-state index in [0.29, 0.717) is 4.57 Å². The summed E-state index contributed by atoms with van der Waals surface area (Å²) in [7, 11) is 0. The quantitative estimate of drug-likeness (QED) is 0.150. The van der Waals surface area contributed by atoms with Gasteiger partial charge in [0.2, 0.25) is 11.8 Å². The zero-order valence-corrected chi connectivity index (χ0v) is 19.5. The molecule has 0 aliphatic carbocycles. The van der Waals surface area contributed by atoms with Crippen LogP contribution in [0.4, 0.5) is 0 Å². The molecule has 8 atom stereocenters. The predicted molar refractivity (Wildman–Crippen MR) is 122 cm³/mol. The molecule has 16 heteroatoms. The average Bonchev–Trinajstić information content (AvgIpc) is 3.15. The number of aliphatic hydroxyl groups is 4. The van der Waals surface area contributed by atoms with E-state index in [-0.39, 0.29) is 17.0 Å². The molecular formula is C21H28N6O10. The minimum atomic E-state index is -1.83. The summed E-state index contributed by atoms with van der Waals surface area (Å²) in [6, 6.07) is -0.538. The first-order valence-electron chi connectivity index (χ1n) is 11.0. The summed E-state index contributed by atoms with van der Waals surface area (Å²) in [5, 5.41) is 52.4. The Balaban J connectivity index is 1.79. The minimum Gasteiger partial charge on any atom is -0.506 e. The molecule has 2 amide bonds. The van der Waals surface area contributed by atoms with Crippen LogP contribution in [0.2, 0.25) is 0 Å². The van der Waals surface area contributed by atoms with Crippen LogP contribution in [0.15, 0.2) is 34.1 Å². The van der Waals surface area contributed by atoms with E-state index in [1.165, 1.54) is 19.1 Å². The van der Waals surface area contributed by atoms with Gasteiger partial charge in [0, 0.05) is 12.1 Å². The number of nitrogens with zero attached hydrogens (tertiary/aromatic N) is 2. The summed E-state index contributed by atoms with van der Waals surface area (Å²) in [6.07, 6.45) is -6.24. The Labute approximate surface area is 208 Å². The van der Waals surface area contributed by atoms with Gasteiger partial charge in [-0.3, -0.25) is 28.9 Å². The molecule has 0 saturated carbocycles. The number of nitrogens with two attached hydrogens (primary N) is 2. The van der Waals surface area contributed by atoms with Gasteiger partial charge in [-0.25, -0.2) is 4.79 Å². The number of aromatic hydroxyl groups is 1. The van der Waals surface area contributed by atoms with Crippen molar-refractivity contribution >= 4 is 11.8 Å². The third kappa shape index (κ3) is 5.68. The summed E-state index contributed by atoms with van der Waals surface area (Å²) in [4.78, 5) is 54.7. The Morgan fingerprint density at radius 1 is 1.27 bits per heavy atom. The molecule has 202 valence electrons. The zero-order chi connectivity index (χ0) is 27.6. The Bertz CT molecular complexity index is 1250. The summed E-state index contributed by atoms with van der Waals surface area (Å²) in [5.41, 5.74) is 9.33. The lowest BCUT2D eigenvalue weighted by atomic mass is 9.92. The highest BCUT2D eigenvalue weighted by atomic mass is 16.6. The molecule has 1 fully saturated rings. The third-order valence-electron chi connectivity index (χ3n) is 6.14. The van der Waals surface area contributed by atoms with Crippen LogP contribution in [-0.4, -0.2) is 82.3 Å². The second kappa shape index (κ2) is 11.2. The standard InChI is InChI=1S/C21H28N6O10/c1-7(13(30)10-3-2-9(29)4-24-10)11(22)19(35)25-12(17(23)33)16-14(31)15(32)20(37-16)27-5-8(6-28)18(34)26-21(27)36/h2-5,7,11-16,20,28-32H,6,22H2,1H3,(H2,23,33)(H,25,35)(H,26,34,36). The van der Waals surface area contributed by atoms with E-state index >= 15 is 0 Å². The smallest absolute Gasteiger partial charge is 0.330 e. The van der Waals surface area contributed by atoms with E-state index in [9.17, 15) is 44.7 Å². The van der Waals surface area contributed by atoms with E-state index < -0.39 is 78.3 Å². The number of carbonyl (C=O) groups is 2. The van der Waals surface area contributed by atoms with Gasteiger partial charge in [0.05, 0.1) is 30.1 Å². The second-order valence-electron chi connectivity index (χ2n) is 8.61. The molecule has 0 radical (unpaired) electrons. The Kier molecular flexibility index (Phi) is 8.42. The van der Waals surface area contributed by atoms with Crippen molar-refractivity contribution < 1.29 is 39.9 Å². The number of amides is 2. The number of aromatic nitrogens is 3. The first-order valence-corrected chi connectivity index (χ1v) is 11.0. The van der Waals surface area contributed by atoms with Gasteiger partial charge in [-0.15, -0.1) is 0 Å². The predicted octanol–water partition coefficient (Wildman–Crippen LogP) is -4.58. The van der Waals surface area contributed by atoms with Gasteiger partial charge in [-0.2, -0.15) is 0 Å². The number of H-pyrrole nitrogens is 1. The molecule has 1 aliphatic heterocycles. The number of carbonyl (C=O) groups excluding carboxylic acids is 2. The van der Waals surface area contributed by atoms with Gasteiger partial charge in [0.1, 0.15) is 36.2 Å². The van der Waals surface area contributed by atoms with Crippen LogP contribution in [-0.2, 0) is 20.9 Å². The molecule has 11 N–H and O–H groups in total. The molecule has 3 rings (SSSR count). The maximum Gasteiger partial charge on any atom is 0.330 e. The van der Waals surface area contributed by atoms with Crippen LogP contribution in [0.5, 0.6) is 5.75 Å². The highest BCUT2D eigenvalue weighted by Crippen LogP contribution is 2.30. The summed E-state index contributed by atoms with van der Waals surface area (Å²) in [5.74, 6) is -3.22. The number of nitrogens with one attached hydrogen (secondary N) is 2. The molecule has 8 unspecified atom stereocenters. The van der Waals surface area contributed by atoms with Crippen LogP contribution >= 0.6 is 0 Å². The van der Waals surface area contributed by atoms with Crippen molar-refractivity contribution in [3.05, 3.63) is 56.6 Å². The molecule has 0 aromatic carbocycles. The van der Waals surface area contributed by atoms with Gasteiger partial charge in [0.25, 0.3) is 5.56 Å². The summed E-state index contributed by atoms with van der Waals surface area (Å²) >= 11 is 0. The van der Waals surface area contributed by atoms with Crippen LogP contribution < -0.4 is 28.0 Å². The van der Waals surface area contributed by atoms with Crippen molar-refractivity contribution in [1.82, 2.24) is 19.9 Å². The van der Waals surface area contributed by atoms with Gasteiger partial charge in [-0.1, -0.05) is 6.92 Å². The molecule has 1 saturated heterocycles. The average molecular weight is 524 g/mol. The van der Waals surface area contributed by atoms with Crippen molar-refractivity contribution in [3.8, 4) is 5.75 Å². The van der Waals surface area contributed by atoms with Crippen molar-refractivity contribution in [2.24, 2.45) is 17.4 Å². The van der Waals surface area contributed by atoms with Gasteiger partial charge >= 0.3 is 5.69 Å². The molecule has 0 bridgehead atoms. The highest BCUT2D eigenvalue weighted by Gasteiger charge is 2.50. The maximum atomic E-state index is 12.8. The number of aromatic amines is 1. The number of hydrogen-bond donors (Lipinski definition) is 9. The van der Waals surface area contributed by atoms with Crippen LogP contribution in [0.3, 0.4) is 0 Å². The number of rotatable bonds is 9. The van der Waals surface area contributed by atoms with Crippen molar-refractivity contribution in [2.45, 2.75) is 56.3 Å². The minimum absolute atomic E-state index is 0.120. The Hall–Kier alpha value is -3.67. The number of primary amides is 1. The van der Waals surface area contributed by atoms with E-state index in [0.717, 1.165) is 12.4 Å². The van der Waals surface area contributed by atoms with Crippen molar-refractivity contribution in [3.63, 3.8) is 0 Å². The normalized spacial score (nSPS) is 24.7. The third-order valence-corrected chi connectivity index (χ3v) is 6.14. The first kappa shape index (κ1) is 27.9. The summed E-state index contributed by atoms with van der Waals surface area (Å²) < 4.78 is 6.21. The fourth-order valence-corrected chi connectivity index (χ4v) is 3.86. The van der Waals surface area contributed by atoms with E-state index in [1.54, 1.807) is 0 Å². The van der Waals surface area contributed by atoms with Gasteiger partial charge in [0.15, 0.2) is 6.23 Å². The second-order valence-corrected chi connectivity index (χ2v) is 8.61. The number of hydrogen-bond acceptors (Lipinski definition) is 12. The largest absolute Gasteiger partial charge is 0.506 e. The molecule has 0 spiro atoms. The van der Waals surface area contributed by atoms with Crippen molar-refractivity contribution in [1.29, 1.82) is 0 Å². The number of aliphatic hydroxyl groups excluding tert-OH is 4. The lowest BCUT2D eigenvalue weighted by molar-refractivity contribution is -0.135. The maximum absolute atomic E-state index is 12.8. The Morgan fingerprint density at radius 2 is 1.95 bits per heavy atom. The van der Waals surface area contributed by atoms with Crippen molar-refractivity contribution in [2.75, 3.05) is 0 Å². The van der Waals surface area contributed by atoms with Crippen LogP contribution in [0, 0.1) is 5.92 Å². The molecular weight excluding hydrogens is 496 g/mol. The molecule has 1 aliphatic rings. The Morgan fingerprint density at radius 3 is 2.51 bits per heavy atom. The first-order chi connectivity index (χ1) is 17.4. The SMILES string of the molecule is CC(C(N)C(=O)NC(C(N)=O)C1OC(n2cc(CO)c(=O)[nH]c2=O)C(O)C1O)C(O)c1ccc(O)cn1. The molecule has 37 heavy (non-hydrogen) atoms. The van der Waals surface area contributed by atoms with Crippen LogP contribution in [0.1, 0.15) is 30.5 Å². The molecule has 2 aromatic rings. The molecule has 16 nitrogen and oxygen atoms in total. The lowest BCUT2D eigenvalue weighted by Gasteiger charge is -2.28. The number of pyridine rings is 1. The summed E-state index contributed by atoms with van der Waals surface area (Å²) in [6.45, 7) is 0.691. The zero-order valence-electron chi connectivity index (χ0n) is 19.5. The fourth-order valence-electron chi connectivity index (χ4n) is 3.86. The van der Waals surface area contributed by atoms with E-state index in [1.807, 2.05) is 4.98 Å². The van der Waals surface area contributed by atoms with E-state index in [2.05, 4.69) is 10.3 Å². The molecule has 2 aromatic heterocycles. The lowest BCUT2D eigenvalue weighted by Crippen LogP contribution is -2.59. The monoisotopic (exact) mass is 524 g/mol. The van der Waals surface area contributed by atoms with Crippen LogP contribution in [0.25, 0.3) is 0 Å². The molecule has 3 heterocycles. The van der Waals surface area contributed by atoms with Gasteiger partial charge in [-0.05, 0) is 12.1 Å². The fraction of sp³-hybridized carbons (Fsp3) is 0.476.